The Kier molecular flexibility index (Phi) is 5.85. The average molecular weight is 514 g/mol. The highest BCUT2D eigenvalue weighted by atomic mass is 16.6. The molecule has 1 aromatic heterocycles. The fraction of sp³-hybridized carbons (Fsp3) is 0.452. The van der Waals surface area contributed by atoms with E-state index in [0.717, 1.165) is 73.9 Å². The Morgan fingerprint density at radius 1 is 0.895 bits per heavy atom. The van der Waals surface area contributed by atoms with Gasteiger partial charge >= 0.3 is 12.1 Å². The fourth-order valence-electron chi connectivity index (χ4n) is 6.97. The molecule has 1 amide bonds. The van der Waals surface area contributed by atoms with E-state index in [1.165, 1.54) is 5.56 Å². The molecule has 2 N–H and O–H groups in total. The molecule has 0 radical (unpaired) electrons. The third-order valence-corrected chi connectivity index (χ3v) is 9.74. The lowest BCUT2D eigenvalue weighted by molar-refractivity contribution is -0.140. The Labute approximate surface area is 223 Å². The Morgan fingerprint density at radius 3 is 2.05 bits per heavy atom. The van der Waals surface area contributed by atoms with Crippen LogP contribution >= 0.6 is 0 Å². The summed E-state index contributed by atoms with van der Waals surface area (Å²) in [4.78, 5) is 24.6. The second-order valence-electron chi connectivity index (χ2n) is 11.6. The van der Waals surface area contributed by atoms with E-state index >= 15 is 0 Å². The zero-order chi connectivity index (χ0) is 26.5. The predicted molar refractivity (Wildman–Crippen MR) is 144 cm³/mol. The molecule has 4 aliphatic rings. The molecule has 0 saturated heterocycles. The molecule has 4 fully saturated rings. The maximum absolute atomic E-state index is 12.9. The smallest absolute Gasteiger partial charge is 0.413 e. The molecule has 38 heavy (non-hydrogen) atoms. The van der Waals surface area contributed by atoms with Crippen molar-refractivity contribution in [3.05, 3.63) is 83.0 Å². The van der Waals surface area contributed by atoms with Crippen molar-refractivity contribution in [2.45, 2.75) is 80.6 Å². The van der Waals surface area contributed by atoms with Gasteiger partial charge < -0.3 is 9.84 Å². The van der Waals surface area contributed by atoms with Crippen LogP contribution in [0, 0.1) is 0 Å². The van der Waals surface area contributed by atoms with Gasteiger partial charge in [-0.1, -0.05) is 54.6 Å². The zero-order valence-electron chi connectivity index (χ0n) is 22.1. The van der Waals surface area contributed by atoms with Gasteiger partial charge in [0.1, 0.15) is 11.9 Å². The topological polar surface area (TPSA) is 93.4 Å². The van der Waals surface area contributed by atoms with Gasteiger partial charge in [0.25, 0.3) is 0 Å². The molecule has 7 nitrogen and oxygen atoms in total. The van der Waals surface area contributed by atoms with E-state index in [-0.39, 0.29) is 16.9 Å². The van der Waals surface area contributed by atoms with E-state index in [9.17, 15) is 14.7 Å². The second-order valence-corrected chi connectivity index (χ2v) is 11.6. The third-order valence-electron chi connectivity index (χ3n) is 9.74. The third kappa shape index (κ3) is 3.99. The van der Waals surface area contributed by atoms with Crippen molar-refractivity contribution in [2.24, 2.45) is 7.05 Å². The minimum Gasteiger partial charge on any atom is -0.481 e. The van der Waals surface area contributed by atoms with Crippen LogP contribution in [0.4, 0.5) is 10.6 Å². The van der Waals surface area contributed by atoms with E-state index in [2.05, 4.69) is 22.5 Å². The Morgan fingerprint density at radius 2 is 1.47 bits per heavy atom. The van der Waals surface area contributed by atoms with Crippen molar-refractivity contribution < 1.29 is 19.4 Å². The van der Waals surface area contributed by atoms with Gasteiger partial charge in [-0.15, -0.1) is 0 Å². The molecule has 0 spiro atoms. The molecule has 7 heteroatoms. The first kappa shape index (κ1) is 24.7. The summed E-state index contributed by atoms with van der Waals surface area (Å²) in [7, 11) is 1.86. The van der Waals surface area contributed by atoms with Gasteiger partial charge in [0.05, 0.1) is 11.6 Å². The van der Waals surface area contributed by atoms with Gasteiger partial charge in [-0.05, 0) is 80.4 Å². The molecule has 3 aromatic rings. The van der Waals surface area contributed by atoms with Crippen molar-refractivity contribution in [1.82, 2.24) is 9.78 Å². The first-order valence-electron chi connectivity index (χ1n) is 13.7. The Hall–Kier alpha value is -3.61. The highest BCUT2D eigenvalue weighted by Crippen LogP contribution is 2.60. The number of carbonyl (C=O) groups excluding carboxylic acids is 1. The first-order valence-corrected chi connectivity index (χ1v) is 13.7. The number of hydrogen-bond donors (Lipinski definition) is 2. The number of nitrogens with zero attached hydrogens (tertiary/aromatic N) is 2. The molecular formula is C31H35N3O4. The number of hydrogen-bond acceptors (Lipinski definition) is 4. The van der Waals surface area contributed by atoms with Gasteiger partial charge in [0.2, 0.25) is 0 Å². The molecule has 4 aliphatic carbocycles. The van der Waals surface area contributed by atoms with E-state index in [1.807, 2.05) is 62.6 Å². The molecular weight excluding hydrogens is 478 g/mol. The Balaban J connectivity index is 1.16. The minimum atomic E-state index is -0.706. The number of aryl methyl sites for hydroxylation is 1. The standard InChI is InChI=1S/C31H35N3O4/c1-21(22-6-4-3-5-7-22)38-28(37)33-26-25(20-32-34(26)2)30-15-12-29(13-16-30,14-17-30)23-8-10-24(11-9-23)31(18-19-31)27(35)36/h3-11,20-21H,12-19H2,1-2H3,(H,33,37)(H,35,36). The summed E-state index contributed by atoms with van der Waals surface area (Å²) >= 11 is 0. The normalized spacial score (nSPS) is 25.9. The van der Waals surface area contributed by atoms with Crippen LogP contribution in [0.5, 0.6) is 0 Å². The minimum absolute atomic E-state index is 0.00894. The number of rotatable bonds is 7. The van der Waals surface area contributed by atoms with Gasteiger partial charge in [-0.3, -0.25) is 14.8 Å². The first-order chi connectivity index (χ1) is 18.3. The molecule has 1 unspecified atom stereocenters. The van der Waals surface area contributed by atoms with Gasteiger partial charge in [0.15, 0.2) is 0 Å². The van der Waals surface area contributed by atoms with Crippen molar-refractivity contribution in [2.75, 3.05) is 5.32 Å². The molecule has 4 saturated carbocycles. The lowest BCUT2D eigenvalue weighted by Gasteiger charge is -2.54. The van der Waals surface area contributed by atoms with Crippen molar-refractivity contribution in [3.63, 3.8) is 0 Å². The van der Waals surface area contributed by atoms with E-state index in [4.69, 9.17) is 4.74 Å². The number of aromatic nitrogens is 2. The summed E-state index contributed by atoms with van der Waals surface area (Å²) in [6, 6.07) is 18.2. The highest BCUT2D eigenvalue weighted by molar-refractivity contribution is 5.85. The summed E-state index contributed by atoms with van der Waals surface area (Å²) in [6.45, 7) is 1.87. The zero-order valence-corrected chi connectivity index (χ0v) is 22.1. The highest BCUT2D eigenvalue weighted by Gasteiger charge is 2.53. The molecule has 198 valence electrons. The monoisotopic (exact) mass is 513 g/mol. The summed E-state index contributed by atoms with van der Waals surface area (Å²) in [5, 5.41) is 17.2. The van der Waals surface area contributed by atoms with Crippen LogP contribution < -0.4 is 5.32 Å². The van der Waals surface area contributed by atoms with Crippen LogP contribution in [0.2, 0.25) is 0 Å². The number of carbonyl (C=O) groups is 2. The predicted octanol–water partition coefficient (Wildman–Crippen LogP) is 6.39. The molecule has 7 rings (SSSR count). The van der Waals surface area contributed by atoms with Crippen LogP contribution in [0.25, 0.3) is 0 Å². The molecule has 1 atom stereocenters. The van der Waals surface area contributed by atoms with Crippen LogP contribution in [0.15, 0.2) is 60.8 Å². The van der Waals surface area contributed by atoms with Gasteiger partial charge in [-0.2, -0.15) is 5.10 Å². The number of carboxylic acids is 1. The molecule has 2 aromatic carbocycles. The van der Waals surface area contributed by atoms with Crippen LogP contribution in [0.1, 0.15) is 86.6 Å². The lowest BCUT2D eigenvalue weighted by atomic mass is 9.50. The largest absolute Gasteiger partial charge is 0.481 e. The molecule has 0 aliphatic heterocycles. The van der Waals surface area contributed by atoms with Gasteiger partial charge in [0, 0.05) is 18.0 Å². The van der Waals surface area contributed by atoms with E-state index in [0.29, 0.717) is 0 Å². The Bertz CT molecular complexity index is 1330. The SMILES string of the molecule is CC(OC(=O)Nc1c(C23CCC(c4ccc(C5(C(=O)O)CC5)cc4)(CC2)CC3)cnn1C)c1ccccc1. The van der Waals surface area contributed by atoms with E-state index in [1.54, 1.807) is 4.68 Å². The fourth-order valence-corrected chi connectivity index (χ4v) is 6.97. The second kappa shape index (κ2) is 9.00. The molecule has 1 heterocycles. The van der Waals surface area contributed by atoms with Crippen LogP contribution in [-0.2, 0) is 32.8 Å². The maximum Gasteiger partial charge on any atom is 0.413 e. The summed E-state index contributed by atoms with van der Waals surface area (Å²) in [5.41, 5.74) is 3.79. The number of carboxylic acid groups (broad SMARTS) is 1. The number of amides is 1. The van der Waals surface area contributed by atoms with Crippen molar-refractivity contribution in [3.8, 4) is 0 Å². The summed E-state index contributed by atoms with van der Waals surface area (Å²) < 4.78 is 7.42. The number of nitrogens with one attached hydrogen (secondary N) is 1. The summed E-state index contributed by atoms with van der Waals surface area (Å²) in [6.07, 6.45) is 8.86. The van der Waals surface area contributed by atoms with E-state index < -0.39 is 17.5 Å². The number of fused-ring (bicyclic) bond motifs is 3. The van der Waals surface area contributed by atoms with Crippen molar-refractivity contribution >= 4 is 17.9 Å². The number of benzene rings is 2. The number of anilines is 1. The number of ether oxygens (including phenoxy) is 1. The van der Waals surface area contributed by atoms with Crippen LogP contribution in [0.3, 0.4) is 0 Å². The lowest BCUT2D eigenvalue weighted by Crippen LogP contribution is -2.46. The maximum atomic E-state index is 12.9. The van der Waals surface area contributed by atoms with Gasteiger partial charge in [-0.25, -0.2) is 4.79 Å². The number of aliphatic carboxylic acids is 1. The summed E-state index contributed by atoms with van der Waals surface area (Å²) in [5.74, 6) is 0.0141. The molecule has 2 bridgehead atoms. The average Bonchev–Trinajstić information content (AvgIpc) is 3.69. The van der Waals surface area contributed by atoms with Crippen molar-refractivity contribution in [1.29, 1.82) is 0 Å². The van der Waals surface area contributed by atoms with Crippen LogP contribution in [-0.4, -0.2) is 26.9 Å². The quantitative estimate of drug-likeness (QED) is 0.382.